The van der Waals surface area contributed by atoms with Gasteiger partial charge in [-0.25, -0.2) is 22.5 Å². The third-order valence-electron chi connectivity index (χ3n) is 3.45. The predicted octanol–water partition coefficient (Wildman–Crippen LogP) is 2.29. The lowest BCUT2D eigenvalue weighted by molar-refractivity contribution is 0.0981. The molecule has 0 saturated heterocycles. The predicted molar refractivity (Wildman–Crippen MR) is 91.8 cm³/mol. The molecule has 0 radical (unpaired) electrons. The lowest BCUT2D eigenvalue weighted by atomic mass is 10.1. The molecule has 9 heteroatoms. The van der Waals surface area contributed by atoms with Gasteiger partial charge < -0.3 is 4.74 Å². The smallest absolute Gasteiger partial charge is 0.269 e. The second-order valence-electron chi connectivity index (χ2n) is 5.21. The van der Waals surface area contributed by atoms with Crippen LogP contribution in [0.15, 0.2) is 53.7 Å². The first-order valence-corrected chi connectivity index (χ1v) is 9.10. The quantitative estimate of drug-likeness (QED) is 0.735. The van der Waals surface area contributed by atoms with Crippen LogP contribution in [0.1, 0.15) is 17.3 Å². The van der Waals surface area contributed by atoms with Gasteiger partial charge in [-0.1, -0.05) is 6.07 Å². The van der Waals surface area contributed by atoms with E-state index in [-0.39, 0.29) is 28.5 Å². The van der Waals surface area contributed by atoms with Crippen molar-refractivity contribution >= 4 is 26.8 Å². The third kappa shape index (κ3) is 3.47. The number of fused-ring (bicyclic) bond motifs is 1. The highest BCUT2D eigenvalue weighted by molar-refractivity contribution is 7.90. The van der Waals surface area contributed by atoms with E-state index in [9.17, 15) is 17.6 Å². The number of hydrogen-bond donors (Lipinski definition) is 1. The highest BCUT2D eigenvalue weighted by atomic mass is 32.2. The Bertz CT molecular complexity index is 1090. The standard InChI is InChI=1S/C17H14FN3O4S/c1-2-25-17-14(6-4-8-20-17)26(23,24)21-16(22)12-9-11-5-3-7-19-15(11)13(18)10-12/h3-10H,2H2,1H3,(H,21,22). The van der Waals surface area contributed by atoms with Crippen LogP contribution in [0.3, 0.4) is 0 Å². The summed E-state index contributed by atoms with van der Waals surface area (Å²) < 4.78 is 46.2. The molecule has 26 heavy (non-hydrogen) atoms. The number of benzene rings is 1. The van der Waals surface area contributed by atoms with Gasteiger partial charge in [-0.2, -0.15) is 0 Å². The number of carbonyl (C=O) groups is 1. The second-order valence-corrected chi connectivity index (χ2v) is 6.86. The number of ether oxygens (including phenoxy) is 1. The highest BCUT2D eigenvalue weighted by Crippen LogP contribution is 2.22. The van der Waals surface area contributed by atoms with E-state index in [0.29, 0.717) is 5.39 Å². The van der Waals surface area contributed by atoms with E-state index in [1.54, 1.807) is 19.1 Å². The maximum absolute atomic E-state index is 14.1. The van der Waals surface area contributed by atoms with E-state index >= 15 is 0 Å². The van der Waals surface area contributed by atoms with E-state index in [2.05, 4.69) is 9.97 Å². The summed E-state index contributed by atoms with van der Waals surface area (Å²) in [7, 11) is -4.25. The van der Waals surface area contributed by atoms with Gasteiger partial charge in [0.1, 0.15) is 16.2 Å². The summed E-state index contributed by atoms with van der Waals surface area (Å²) in [6, 6.07) is 8.13. The largest absolute Gasteiger partial charge is 0.477 e. The van der Waals surface area contributed by atoms with E-state index < -0.39 is 21.7 Å². The molecule has 134 valence electrons. The molecule has 0 fully saturated rings. The lowest BCUT2D eigenvalue weighted by Crippen LogP contribution is -2.31. The van der Waals surface area contributed by atoms with Crippen LogP contribution in [0.2, 0.25) is 0 Å². The summed E-state index contributed by atoms with van der Waals surface area (Å²) in [5.41, 5.74) is -0.0498. The fraction of sp³-hybridized carbons (Fsp3) is 0.118. The maximum atomic E-state index is 14.1. The van der Waals surface area contributed by atoms with Crippen molar-refractivity contribution in [2.75, 3.05) is 6.61 Å². The van der Waals surface area contributed by atoms with Crippen molar-refractivity contribution in [3.63, 3.8) is 0 Å². The molecule has 1 amide bonds. The fourth-order valence-corrected chi connectivity index (χ4v) is 3.41. The van der Waals surface area contributed by atoms with Gasteiger partial charge in [0.05, 0.1) is 6.61 Å². The van der Waals surface area contributed by atoms with Crippen LogP contribution >= 0.6 is 0 Å². The van der Waals surface area contributed by atoms with Gasteiger partial charge in [-0.3, -0.25) is 9.78 Å². The van der Waals surface area contributed by atoms with Gasteiger partial charge in [0, 0.05) is 23.3 Å². The Morgan fingerprint density at radius 2 is 1.92 bits per heavy atom. The zero-order valence-corrected chi connectivity index (χ0v) is 14.5. The van der Waals surface area contributed by atoms with E-state index in [1.807, 2.05) is 4.72 Å². The third-order valence-corrected chi connectivity index (χ3v) is 4.80. The highest BCUT2D eigenvalue weighted by Gasteiger charge is 2.24. The van der Waals surface area contributed by atoms with Crippen molar-refractivity contribution in [1.82, 2.24) is 14.7 Å². The molecule has 2 heterocycles. The van der Waals surface area contributed by atoms with E-state index in [0.717, 1.165) is 6.07 Å². The van der Waals surface area contributed by atoms with Crippen molar-refractivity contribution in [1.29, 1.82) is 0 Å². The Balaban J connectivity index is 1.95. The molecule has 0 aliphatic rings. The molecule has 0 atom stereocenters. The van der Waals surface area contributed by atoms with Crippen molar-refractivity contribution < 1.29 is 22.3 Å². The summed E-state index contributed by atoms with van der Waals surface area (Å²) in [5, 5.41) is 0.381. The number of nitrogens with one attached hydrogen (secondary N) is 1. The van der Waals surface area contributed by atoms with Crippen LogP contribution in [0, 0.1) is 5.82 Å². The molecule has 7 nitrogen and oxygen atoms in total. The Morgan fingerprint density at radius 1 is 1.19 bits per heavy atom. The van der Waals surface area contributed by atoms with Gasteiger partial charge in [0.25, 0.3) is 15.9 Å². The molecule has 0 aliphatic carbocycles. The van der Waals surface area contributed by atoms with Crippen LogP contribution in [0.4, 0.5) is 4.39 Å². The van der Waals surface area contributed by atoms with Gasteiger partial charge >= 0.3 is 0 Å². The Labute approximate surface area is 148 Å². The minimum Gasteiger partial charge on any atom is -0.477 e. The summed E-state index contributed by atoms with van der Waals surface area (Å²) in [6.45, 7) is 1.88. The first-order chi connectivity index (χ1) is 12.4. The Morgan fingerprint density at radius 3 is 2.69 bits per heavy atom. The Hall–Kier alpha value is -3.07. The van der Waals surface area contributed by atoms with Gasteiger partial charge in [-0.05, 0) is 37.3 Å². The molecule has 0 spiro atoms. The molecular formula is C17H14FN3O4S. The molecule has 3 aromatic rings. The number of amides is 1. The average molecular weight is 375 g/mol. The maximum Gasteiger partial charge on any atom is 0.269 e. The van der Waals surface area contributed by atoms with Gasteiger partial charge in [0.2, 0.25) is 5.88 Å². The zero-order valence-electron chi connectivity index (χ0n) is 13.6. The summed E-state index contributed by atoms with van der Waals surface area (Å²) in [6.07, 6.45) is 2.80. The minimum absolute atomic E-state index is 0.0952. The lowest BCUT2D eigenvalue weighted by Gasteiger charge is -2.11. The normalized spacial score (nSPS) is 11.3. The first-order valence-electron chi connectivity index (χ1n) is 7.61. The van der Waals surface area contributed by atoms with Crippen molar-refractivity contribution in [2.45, 2.75) is 11.8 Å². The number of hydrogen-bond acceptors (Lipinski definition) is 6. The number of halogens is 1. The number of nitrogens with zero attached hydrogens (tertiary/aromatic N) is 2. The Kier molecular flexibility index (Phi) is 4.81. The number of carbonyl (C=O) groups excluding carboxylic acids is 1. The van der Waals surface area contributed by atoms with E-state index in [1.165, 1.54) is 30.6 Å². The van der Waals surface area contributed by atoms with Crippen LogP contribution in [0.5, 0.6) is 5.88 Å². The van der Waals surface area contributed by atoms with E-state index in [4.69, 9.17) is 4.74 Å². The van der Waals surface area contributed by atoms with Crippen LogP contribution in [-0.4, -0.2) is 30.9 Å². The first kappa shape index (κ1) is 17.7. The molecule has 1 aromatic carbocycles. The van der Waals surface area contributed by atoms with Gasteiger partial charge in [-0.15, -0.1) is 0 Å². The molecule has 1 N–H and O–H groups in total. The SMILES string of the molecule is CCOc1ncccc1S(=O)(=O)NC(=O)c1cc(F)c2ncccc2c1. The molecule has 0 saturated carbocycles. The fourth-order valence-electron chi connectivity index (χ4n) is 2.34. The average Bonchev–Trinajstić information content (AvgIpc) is 2.62. The number of pyridine rings is 2. The summed E-state index contributed by atoms with van der Waals surface area (Å²) in [4.78, 5) is 19.8. The minimum atomic E-state index is -4.25. The van der Waals surface area contributed by atoms with Gasteiger partial charge in [0.15, 0.2) is 0 Å². The molecule has 0 bridgehead atoms. The van der Waals surface area contributed by atoms with Crippen molar-refractivity contribution in [3.8, 4) is 5.88 Å². The summed E-state index contributed by atoms with van der Waals surface area (Å²) in [5.74, 6) is -1.81. The van der Waals surface area contributed by atoms with Crippen LogP contribution < -0.4 is 9.46 Å². The molecule has 2 aromatic heterocycles. The number of aromatic nitrogens is 2. The second kappa shape index (κ2) is 7.04. The molecule has 0 unspecified atom stereocenters. The number of sulfonamides is 1. The molecule has 0 aliphatic heterocycles. The molecular weight excluding hydrogens is 361 g/mol. The van der Waals surface area contributed by atoms with Crippen molar-refractivity contribution in [3.05, 3.63) is 60.2 Å². The summed E-state index contributed by atoms with van der Waals surface area (Å²) >= 11 is 0. The monoisotopic (exact) mass is 375 g/mol. The van der Waals surface area contributed by atoms with Crippen LogP contribution in [0.25, 0.3) is 10.9 Å². The number of rotatable bonds is 5. The van der Waals surface area contributed by atoms with Crippen LogP contribution in [-0.2, 0) is 10.0 Å². The zero-order chi connectivity index (χ0) is 18.7. The molecule has 3 rings (SSSR count). The topological polar surface area (TPSA) is 98.2 Å². The van der Waals surface area contributed by atoms with Crippen molar-refractivity contribution in [2.24, 2.45) is 0 Å².